The second-order valence-corrected chi connectivity index (χ2v) is 5.64. The predicted molar refractivity (Wildman–Crippen MR) is 65.8 cm³/mol. The van der Waals surface area contributed by atoms with Crippen molar-refractivity contribution in [3.8, 4) is 0 Å². The van der Waals surface area contributed by atoms with Gasteiger partial charge in [-0.25, -0.2) is 14.6 Å². The highest BCUT2D eigenvalue weighted by atomic mass is 32.1. The van der Waals surface area contributed by atoms with Gasteiger partial charge in [0.25, 0.3) is 0 Å². The van der Waals surface area contributed by atoms with Crippen molar-refractivity contribution in [3.63, 3.8) is 0 Å². The molecule has 1 N–H and O–H groups in total. The third-order valence-corrected chi connectivity index (χ3v) is 3.95. The van der Waals surface area contributed by atoms with Crippen LogP contribution in [0, 0.1) is 6.92 Å². The van der Waals surface area contributed by atoms with Gasteiger partial charge in [0.1, 0.15) is 12.2 Å². The van der Waals surface area contributed by atoms with Crippen molar-refractivity contribution < 1.29 is 0 Å². The van der Waals surface area contributed by atoms with Crippen molar-refractivity contribution in [1.82, 2.24) is 25.1 Å². The Morgan fingerprint density at radius 3 is 3.29 bits per heavy atom. The summed E-state index contributed by atoms with van der Waals surface area (Å²) in [4.78, 5) is 9.79. The first-order chi connectivity index (χ1) is 8.31. The lowest BCUT2D eigenvalue weighted by Crippen LogP contribution is -2.37. The molecule has 17 heavy (non-hydrogen) atoms. The minimum atomic E-state index is 0.492. The lowest BCUT2D eigenvalue weighted by atomic mass is 10.1. The van der Waals surface area contributed by atoms with Gasteiger partial charge in [-0.15, -0.1) is 11.3 Å². The van der Waals surface area contributed by atoms with Gasteiger partial charge in [-0.05, 0) is 13.3 Å². The Morgan fingerprint density at radius 1 is 1.53 bits per heavy atom. The van der Waals surface area contributed by atoms with Crippen molar-refractivity contribution in [1.29, 1.82) is 0 Å². The van der Waals surface area contributed by atoms with E-state index in [-0.39, 0.29) is 0 Å². The van der Waals surface area contributed by atoms with Crippen molar-refractivity contribution in [2.75, 3.05) is 0 Å². The molecule has 6 heteroatoms. The zero-order valence-electron chi connectivity index (χ0n) is 9.76. The number of aromatic nitrogens is 4. The molecule has 0 radical (unpaired) electrons. The van der Waals surface area contributed by atoms with Crippen LogP contribution in [0.2, 0.25) is 0 Å². The average Bonchev–Trinajstić information content (AvgIpc) is 2.94. The van der Waals surface area contributed by atoms with E-state index in [0.717, 1.165) is 36.8 Å². The zero-order chi connectivity index (χ0) is 11.7. The van der Waals surface area contributed by atoms with E-state index in [4.69, 9.17) is 0 Å². The van der Waals surface area contributed by atoms with E-state index in [1.165, 1.54) is 4.88 Å². The molecule has 0 fully saturated rings. The van der Waals surface area contributed by atoms with Gasteiger partial charge in [0.05, 0.1) is 11.6 Å². The first-order valence-electron chi connectivity index (χ1n) is 5.82. The third-order valence-electron chi connectivity index (χ3n) is 3.04. The third kappa shape index (κ3) is 2.37. The smallest absolute Gasteiger partial charge is 0.138 e. The van der Waals surface area contributed by atoms with Crippen LogP contribution < -0.4 is 5.32 Å². The van der Waals surface area contributed by atoms with E-state index in [1.54, 1.807) is 17.7 Å². The molecule has 1 unspecified atom stereocenters. The lowest BCUT2D eigenvalue weighted by molar-refractivity contribution is 0.359. The average molecular weight is 249 g/mol. The summed E-state index contributed by atoms with van der Waals surface area (Å²) in [5, 5.41) is 8.91. The summed E-state index contributed by atoms with van der Waals surface area (Å²) in [5.74, 6) is 1.11. The minimum Gasteiger partial charge on any atom is -0.307 e. The van der Waals surface area contributed by atoms with Gasteiger partial charge >= 0.3 is 0 Å². The molecule has 1 atom stereocenters. The van der Waals surface area contributed by atoms with E-state index >= 15 is 0 Å². The number of aryl methyl sites for hydroxylation is 2. The second kappa shape index (κ2) is 4.54. The number of hydrogen-bond donors (Lipinski definition) is 1. The van der Waals surface area contributed by atoms with Gasteiger partial charge in [-0.2, -0.15) is 5.10 Å². The van der Waals surface area contributed by atoms with Crippen LogP contribution in [0.4, 0.5) is 0 Å². The highest BCUT2D eigenvalue weighted by molar-refractivity contribution is 7.11. The molecule has 2 aromatic rings. The summed E-state index contributed by atoms with van der Waals surface area (Å²) in [6.45, 7) is 3.86. The number of thiazole rings is 1. The number of fused-ring (bicyclic) bond motifs is 1. The fourth-order valence-electron chi connectivity index (χ4n) is 2.14. The Kier molecular flexibility index (Phi) is 2.90. The maximum atomic E-state index is 4.26. The summed E-state index contributed by atoms with van der Waals surface area (Å²) in [7, 11) is 0. The van der Waals surface area contributed by atoms with E-state index in [1.807, 2.05) is 17.8 Å². The first kappa shape index (κ1) is 10.9. The van der Waals surface area contributed by atoms with Crippen LogP contribution in [0.25, 0.3) is 0 Å². The van der Waals surface area contributed by atoms with E-state index < -0.39 is 0 Å². The number of rotatable bonds is 3. The maximum Gasteiger partial charge on any atom is 0.138 e. The first-order valence-corrected chi connectivity index (χ1v) is 6.64. The van der Waals surface area contributed by atoms with Crippen LogP contribution in [-0.4, -0.2) is 25.8 Å². The highest BCUT2D eigenvalue weighted by Crippen LogP contribution is 2.14. The largest absolute Gasteiger partial charge is 0.307 e. The van der Waals surface area contributed by atoms with Gasteiger partial charge in [0, 0.05) is 30.1 Å². The molecule has 1 aliphatic rings. The van der Waals surface area contributed by atoms with Crippen LogP contribution in [0.15, 0.2) is 12.5 Å². The van der Waals surface area contributed by atoms with Gasteiger partial charge < -0.3 is 5.32 Å². The van der Waals surface area contributed by atoms with Gasteiger partial charge in [-0.1, -0.05) is 0 Å². The van der Waals surface area contributed by atoms with Gasteiger partial charge in [0.2, 0.25) is 0 Å². The topological polar surface area (TPSA) is 55.6 Å². The van der Waals surface area contributed by atoms with Crippen LogP contribution in [0.5, 0.6) is 0 Å². The molecule has 0 spiro atoms. The fraction of sp³-hybridized carbons (Fsp3) is 0.545. The quantitative estimate of drug-likeness (QED) is 0.886. The Morgan fingerprint density at radius 2 is 2.47 bits per heavy atom. The molecule has 90 valence electrons. The molecule has 5 nitrogen and oxygen atoms in total. The molecule has 0 aliphatic carbocycles. The van der Waals surface area contributed by atoms with E-state index in [9.17, 15) is 0 Å². The molecule has 3 rings (SSSR count). The summed E-state index contributed by atoms with van der Waals surface area (Å²) >= 11 is 1.76. The number of hydrogen-bond acceptors (Lipinski definition) is 5. The van der Waals surface area contributed by atoms with Gasteiger partial charge in [-0.3, -0.25) is 0 Å². The van der Waals surface area contributed by atoms with Crippen LogP contribution in [0.3, 0.4) is 0 Å². The zero-order valence-corrected chi connectivity index (χ0v) is 10.6. The predicted octanol–water partition coefficient (Wildman–Crippen LogP) is 1.15. The van der Waals surface area contributed by atoms with Crippen molar-refractivity contribution in [3.05, 3.63) is 28.2 Å². The molecule has 2 aromatic heterocycles. The molecule has 0 bridgehead atoms. The Balaban J connectivity index is 1.57. The molecule has 0 amide bonds. The van der Waals surface area contributed by atoms with Crippen molar-refractivity contribution in [2.24, 2.45) is 0 Å². The molecular weight excluding hydrogens is 234 g/mol. The van der Waals surface area contributed by atoms with Crippen molar-refractivity contribution in [2.45, 2.75) is 38.9 Å². The Labute approximate surface area is 104 Å². The molecular formula is C11H15N5S. The fourth-order valence-corrected chi connectivity index (χ4v) is 2.88. The monoisotopic (exact) mass is 249 g/mol. The van der Waals surface area contributed by atoms with E-state index in [0.29, 0.717) is 6.04 Å². The standard InChI is InChI=1S/C11H15N5S/c1-8-12-4-10(17-8)5-13-9-2-3-11-14-7-15-16(11)6-9/h4,7,9,13H,2-3,5-6H2,1H3. The van der Waals surface area contributed by atoms with E-state index in [2.05, 4.69) is 20.4 Å². The molecule has 0 saturated heterocycles. The Hall–Kier alpha value is -1.27. The minimum absolute atomic E-state index is 0.492. The summed E-state index contributed by atoms with van der Waals surface area (Å²) in [6.07, 6.45) is 5.75. The summed E-state index contributed by atoms with van der Waals surface area (Å²) in [5.41, 5.74) is 0. The van der Waals surface area contributed by atoms with Crippen LogP contribution in [-0.2, 0) is 19.5 Å². The summed E-state index contributed by atoms with van der Waals surface area (Å²) < 4.78 is 2.00. The molecule has 0 saturated carbocycles. The number of nitrogens with one attached hydrogen (secondary N) is 1. The SMILES string of the molecule is Cc1ncc(CNC2CCc3ncnn3C2)s1. The summed E-state index contributed by atoms with van der Waals surface area (Å²) in [6, 6.07) is 0.492. The number of nitrogens with zero attached hydrogens (tertiary/aromatic N) is 4. The molecule has 0 aromatic carbocycles. The lowest BCUT2D eigenvalue weighted by Gasteiger charge is -2.23. The highest BCUT2D eigenvalue weighted by Gasteiger charge is 2.19. The molecule has 1 aliphatic heterocycles. The second-order valence-electron chi connectivity index (χ2n) is 4.32. The van der Waals surface area contributed by atoms with Gasteiger partial charge in [0.15, 0.2) is 0 Å². The van der Waals surface area contributed by atoms with Crippen LogP contribution in [0.1, 0.15) is 22.1 Å². The maximum absolute atomic E-state index is 4.26. The molecule has 3 heterocycles. The Bertz CT molecular complexity index is 503. The van der Waals surface area contributed by atoms with Crippen LogP contribution >= 0.6 is 11.3 Å². The normalized spacial score (nSPS) is 19.2. The van der Waals surface area contributed by atoms with Crippen molar-refractivity contribution >= 4 is 11.3 Å².